The topological polar surface area (TPSA) is 89.3 Å². The molecular formula is C18H21N7O2. The van der Waals surface area contributed by atoms with Crippen molar-refractivity contribution in [3.05, 3.63) is 36.2 Å². The average molecular weight is 367 g/mol. The summed E-state index contributed by atoms with van der Waals surface area (Å²) < 4.78 is 6.96. The number of ether oxygens (including phenoxy) is 1. The molecule has 1 amide bonds. The third kappa shape index (κ3) is 3.16. The van der Waals surface area contributed by atoms with Crippen molar-refractivity contribution in [1.29, 1.82) is 0 Å². The van der Waals surface area contributed by atoms with Crippen molar-refractivity contribution in [1.82, 2.24) is 29.9 Å². The van der Waals surface area contributed by atoms with E-state index in [1.165, 1.54) is 0 Å². The van der Waals surface area contributed by atoms with Crippen LogP contribution in [-0.4, -0.2) is 69.1 Å². The molecule has 2 aromatic heterocycles. The number of aromatic nitrogens is 5. The number of rotatable bonds is 4. The van der Waals surface area contributed by atoms with E-state index in [9.17, 15) is 4.79 Å². The van der Waals surface area contributed by atoms with Gasteiger partial charge in [0, 0.05) is 38.3 Å². The van der Waals surface area contributed by atoms with Gasteiger partial charge in [0.25, 0.3) is 5.91 Å². The SMILES string of the molecule is CCn1nnc2c(N3CCN(C(=O)c4cccc(OC)c4)CC3)ncnc21. The fourth-order valence-electron chi connectivity index (χ4n) is 3.28. The number of carbonyl (C=O) groups excluding carboxylic acids is 1. The number of methoxy groups -OCH3 is 1. The first-order valence-corrected chi connectivity index (χ1v) is 8.93. The van der Waals surface area contributed by atoms with Gasteiger partial charge in [-0.05, 0) is 25.1 Å². The summed E-state index contributed by atoms with van der Waals surface area (Å²) in [5, 5.41) is 8.37. The predicted octanol–water partition coefficient (Wildman–Crippen LogP) is 1.21. The molecule has 3 aromatic rings. The number of fused-ring (bicyclic) bond motifs is 1. The Hall–Kier alpha value is -3.23. The van der Waals surface area contributed by atoms with Crippen LogP contribution in [-0.2, 0) is 6.54 Å². The van der Waals surface area contributed by atoms with Crippen molar-refractivity contribution in [2.24, 2.45) is 0 Å². The normalized spacial score (nSPS) is 14.6. The smallest absolute Gasteiger partial charge is 0.254 e. The second-order valence-corrected chi connectivity index (χ2v) is 6.29. The summed E-state index contributed by atoms with van der Waals surface area (Å²) in [4.78, 5) is 25.5. The lowest BCUT2D eigenvalue weighted by atomic mass is 10.1. The fraction of sp³-hybridized carbons (Fsp3) is 0.389. The number of anilines is 1. The second-order valence-electron chi connectivity index (χ2n) is 6.29. The van der Waals surface area contributed by atoms with Gasteiger partial charge in [-0.2, -0.15) is 0 Å². The summed E-state index contributed by atoms with van der Waals surface area (Å²) >= 11 is 0. The number of nitrogens with zero attached hydrogens (tertiary/aromatic N) is 7. The van der Waals surface area contributed by atoms with Crippen molar-refractivity contribution in [2.75, 3.05) is 38.2 Å². The van der Waals surface area contributed by atoms with Gasteiger partial charge in [-0.3, -0.25) is 4.79 Å². The summed E-state index contributed by atoms with van der Waals surface area (Å²) in [6.07, 6.45) is 1.54. The van der Waals surface area contributed by atoms with Gasteiger partial charge in [0.1, 0.15) is 12.1 Å². The molecule has 1 fully saturated rings. The zero-order chi connectivity index (χ0) is 18.8. The molecule has 4 rings (SSSR count). The molecule has 0 atom stereocenters. The van der Waals surface area contributed by atoms with Gasteiger partial charge in [0.05, 0.1) is 7.11 Å². The molecule has 9 nitrogen and oxygen atoms in total. The highest BCUT2D eigenvalue weighted by Crippen LogP contribution is 2.22. The lowest BCUT2D eigenvalue weighted by molar-refractivity contribution is 0.0746. The highest BCUT2D eigenvalue weighted by molar-refractivity contribution is 5.95. The number of piperazine rings is 1. The Balaban J connectivity index is 1.49. The van der Waals surface area contributed by atoms with Crippen molar-refractivity contribution >= 4 is 22.9 Å². The Kier molecular flexibility index (Phi) is 4.57. The van der Waals surface area contributed by atoms with Crippen LogP contribution in [0.1, 0.15) is 17.3 Å². The molecule has 0 N–H and O–H groups in total. The largest absolute Gasteiger partial charge is 0.497 e. The molecule has 0 spiro atoms. The molecule has 3 heterocycles. The summed E-state index contributed by atoms with van der Waals surface area (Å²) in [5.74, 6) is 1.47. The standard InChI is InChI=1S/C18H21N7O2/c1-3-25-17-15(21-22-25)16(19-12-20-17)23-7-9-24(10-8-23)18(26)13-5-4-6-14(11-13)27-2/h4-6,11-12H,3,7-10H2,1-2H3. The minimum absolute atomic E-state index is 0.0123. The molecule has 140 valence electrons. The Morgan fingerprint density at radius 2 is 2.00 bits per heavy atom. The van der Waals surface area contributed by atoms with Gasteiger partial charge >= 0.3 is 0 Å². The minimum atomic E-state index is 0.0123. The van der Waals surface area contributed by atoms with E-state index in [0.717, 1.165) is 11.5 Å². The van der Waals surface area contributed by atoms with Crippen LogP contribution in [0.3, 0.4) is 0 Å². The number of hydrogen-bond acceptors (Lipinski definition) is 7. The number of benzene rings is 1. The lowest BCUT2D eigenvalue weighted by Crippen LogP contribution is -2.49. The Bertz CT molecular complexity index is 963. The molecule has 0 unspecified atom stereocenters. The van der Waals surface area contributed by atoms with Crippen LogP contribution in [0.5, 0.6) is 5.75 Å². The van der Waals surface area contributed by atoms with E-state index in [0.29, 0.717) is 49.6 Å². The van der Waals surface area contributed by atoms with E-state index in [1.54, 1.807) is 24.2 Å². The highest BCUT2D eigenvalue weighted by Gasteiger charge is 2.25. The summed E-state index contributed by atoms with van der Waals surface area (Å²) in [6, 6.07) is 7.25. The van der Waals surface area contributed by atoms with Crippen molar-refractivity contribution in [2.45, 2.75) is 13.5 Å². The molecule has 0 saturated carbocycles. The molecule has 1 aliphatic heterocycles. The zero-order valence-electron chi connectivity index (χ0n) is 15.4. The van der Waals surface area contributed by atoms with Crippen molar-refractivity contribution < 1.29 is 9.53 Å². The summed E-state index contributed by atoms with van der Waals surface area (Å²) in [7, 11) is 1.60. The highest BCUT2D eigenvalue weighted by atomic mass is 16.5. The Morgan fingerprint density at radius 3 is 2.74 bits per heavy atom. The first kappa shape index (κ1) is 17.2. The Labute approximate surface area is 156 Å². The van der Waals surface area contributed by atoms with Crippen LogP contribution in [0.4, 0.5) is 5.82 Å². The van der Waals surface area contributed by atoms with Crippen molar-refractivity contribution in [3.63, 3.8) is 0 Å². The molecule has 1 aliphatic rings. The first-order valence-electron chi connectivity index (χ1n) is 8.93. The first-order chi connectivity index (χ1) is 13.2. The van der Waals surface area contributed by atoms with Crippen molar-refractivity contribution in [3.8, 4) is 5.75 Å². The lowest BCUT2D eigenvalue weighted by Gasteiger charge is -2.35. The van der Waals surface area contributed by atoms with E-state index in [1.807, 2.05) is 30.0 Å². The summed E-state index contributed by atoms with van der Waals surface area (Å²) in [6.45, 7) is 5.29. The fourth-order valence-corrected chi connectivity index (χ4v) is 3.28. The van der Waals surface area contributed by atoms with Gasteiger partial charge in [-0.1, -0.05) is 11.3 Å². The Morgan fingerprint density at radius 1 is 1.19 bits per heavy atom. The average Bonchev–Trinajstić information content (AvgIpc) is 3.16. The van der Waals surface area contributed by atoms with Crippen LogP contribution >= 0.6 is 0 Å². The van der Waals surface area contributed by atoms with Gasteiger partial charge in [-0.25, -0.2) is 14.6 Å². The zero-order valence-corrected chi connectivity index (χ0v) is 15.4. The summed E-state index contributed by atoms with van der Waals surface area (Å²) in [5.41, 5.74) is 2.07. The monoisotopic (exact) mass is 367 g/mol. The van der Waals surface area contributed by atoms with Gasteiger partial charge in [0.2, 0.25) is 0 Å². The van der Waals surface area contributed by atoms with E-state index < -0.39 is 0 Å². The number of aryl methyl sites for hydroxylation is 1. The second kappa shape index (κ2) is 7.18. The molecule has 9 heteroatoms. The third-order valence-electron chi connectivity index (χ3n) is 4.76. The molecule has 0 aliphatic carbocycles. The maximum atomic E-state index is 12.8. The number of hydrogen-bond donors (Lipinski definition) is 0. The van der Waals surface area contributed by atoms with Gasteiger partial charge in [-0.15, -0.1) is 5.10 Å². The van der Waals surface area contributed by atoms with E-state index in [-0.39, 0.29) is 5.91 Å². The van der Waals surface area contributed by atoms with E-state index >= 15 is 0 Å². The van der Waals surface area contributed by atoms with E-state index in [2.05, 4.69) is 25.2 Å². The molecule has 0 bridgehead atoms. The van der Waals surface area contributed by atoms with E-state index in [4.69, 9.17) is 4.74 Å². The maximum Gasteiger partial charge on any atom is 0.254 e. The quantitative estimate of drug-likeness (QED) is 0.685. The molecular weight excluding hydrogens is 346 g/mol. The maximum absolute atomic E-state index is 12.8. The molecule has 1 aromatic carbocycles. The van der Waals surface area contributed by atoms with Gasteiger partial charge < -0.3 is 14.5 Å². The van der Waals surface area contributed by atoms with Crippen LogP contribution in [0.25, 0.3) is 11.2 Å². The van der Waals surface area contributed by atoms with Crippen LogP contribution < -0.4 is 9.64 Å². The molecule has 27 heavy (non-hydrogen) atoms. The molecule has 1 saturated heterocycles. The minimum Gasteiger partial charge on any atom is -0.497 e. The number of amides is 1. The predicted molar refractivity (Wildman–Crippen MR) is 99.9 cm³/mol. The van der Waals surface area contributed by atoms with Crippen LogP contribution in [0.2, 0.25) is 0 Å². The van der Waals surface area contributed by atoms with Crippen LogP contribution in [0, 0.1) is 0 Å². The van der Waals surface area contributed by atoms with Gasteiger partial charge in [0.15, 0.2) is 17.0 Å². The third-order valence-corrected chi connectivity index (χ3v) is 4.76. The molecule has 0 radical (unpaired) electrons. The number of carbonyl (C=O) groups is 1. The van der Waals surface area contributed by atoms with Crippen LogP contribution in [0.15, 0.2) is 30.6 Å².